The van der Waals surface area contributed by atoms with Gasteiger partial charge in [-0.25, -0.2) is 0 Å². The molecule has 2 saturated heterocycles. The van der Waals surface area contributed by atoms with Crippen molar-refractivity contribution in [1.82, 2.24) is 0 Å². The van der Waals surface area contributed by atoms with E-state index in [1.165, 1.54) is 0 Å². The van der Waals surface area contributed by atoms with Crippen molar-refractivity contribution in [3.8, 4) is 11.5 Å². The Morgan fingerprint density at radius 3 is 2.51 bits per heavy atom. The van der Waals surface area contributed by atoms with Crippen molar-refractivity contribution in [3.63, 3.8) is 0 Å². The zero-order valence-electron chi connectivity index (χ0n) is 20.2. The Morgan fingerprint density at radius 2 is 1.81 bits per heavy atom. The number of carbonyl (C=O) groups is 3. The minimum Gasteiger partial charge on any atom is -0.507 e. The summed E-state index contributed by atoms with van der Waals surface area (Å²) >= 11 is 0. The molecule has 0 radical (unpaired) electrons. The highest BCUT2D eigenvalue weighted by molar-refractivity contribution is 6.30. The van der Waals surface area contributed by atoms with Gasteiger partial charge >= 0.3 is 5.97 Å². The van der Waals surface area contributed by atoms with Crippen molar-refractivity contribution in [3.05, 3.63) is 33.4 Å². The molecule has 1 aromatic carbocycles. The normalized spacial score (nSPS) is 34.7. The number of ketones is 2. The topological polar surface area (TPSA) is 169 Å². The lowest BCUT2D eigenvalue weighted by Crippen LogP contribution is -2.67. The molecule has 4 unspecified atom stereocenters. The Bertz CT molecular complexity index is 1240. The Kier molecular flexibility index (Phi) is 5.70. The van der Waals surface area contributed by atoms with E-state index >= 15 is 0 Å². The van der Waals surface area contributed by atoms with Crippen molar-refractivity contribution in [2.75, 3.05) is 6.61 Å². The van der Waals surface area contributed by atoms with Crippen molar-refractivity contribution in [2.24, 2.45) is 0 Å². The number of rotatable bonds is 4. The molecule has 4 heterocycles. The number of Topliss-reactive ketones (excluding diaryl/α,β-unsaturated/α-hetero) is 2. The molecule has 7 rings (SSSR count). The number of aromatic hydroxyl groups is 2. The van der Waals surface area contributed by atoms with Crippen LogP contribution in [0.5, 0.6) is 11.5 Å². The maximum Gasteiger partial charge on any atom is 0.305 e. The average molecular weight is 516 g/mol. The first-order valence-corrected chi connectivity index (χ1v) is 12.5. The number of carboxylic acids is 1. The second-order valence-electron chi connectivity index (χ2n) is 10.3. The van der Waals surface area contributed by atoms with E-state index in [0.29, 0.717) is 13.0 Å². The highest BCUT2D eigenvalue weighted by atomic mass is 16.7. The van der Waals surface area contributed by atoms with Gasteiger partial charge in [-0.2, -0.15) is 0 Å². The molecule has 37 heavy (non-hydrogen) atoms. The summed E-state index contributed by atoms with van der Waals surface area (Å²) in [5, 5.41) is 43.3. The molecular weight excluding hydrogens is 488 g/mol. The van der Waals surface area contributed by atoms with Crippen molar-refractivity contribution in [1.29, 1.82) is 0 Å². The number of aliphatic carboxylic acids is 1. The number of hydrogen-bond acceptors (Lipinski definition) is 10. The molecule has 4 aliphatic heterocycles. The smallest absolute Gasteiger partial charge is 0.305 e. The summed E-state index contributed by atoms with van der Waals surface area (Å²) in [6.45, 7) is 1.88. The third-order valence-corrected chi connectivity index (χ3v) is 8.24. The van der Waals surface area contributed by atoms with E-state index in [9.17, 15) is 29.7 Å². The van der Waals surface area contributed by atoms with E-state index < -0.39 is 70.9 Å². The van der Waals surface area contributed by atoms with Gasteiger partial charge in [-0.15, -0.1) is 0 Å². The average Bonchev–Trinajstić information content (AvgIpc) is 2.86. The molecule has 11 heteroatoms. The molecule has 198 valence electrons. The molecule has 0 amide bonds. The molecule has 0 spiro atoms. The third kappa shape index (κ3) is 3.48. The second kappa shape index (κ2) is 8.60. The fraction of sp³-hybridized carbons (Fsp3) is 0.577. The Morgan fingerprint density at radius 1 is 1.08 bits per heavy atom. The highest BCUT2D eigenvalue weighted by Gasteiger charge is 2.63. The van der Waals surface area contributed by atoms with Crippen LogP contribution in [-0.2, 0) is 36.8 Å². The molecule has 6 aliphatic rings. The predicted molar refractivity (Wildman–Crippen MR) is 122 cm³/mol. The van der Waals surface area contributed by atoms with Crippen molar-refractivity contribution < 1.29 is 53.8 Å². The van der Waals surface area contributed by atoms with Crippen LogP contribution < -0.4 is 0 Å². The summed E-state index contributed by atoms with van der Waals surface area (Å²) < 4.78 is 23.2. The van der Waals surface area contributed by atoms with Crippen LogP contribution in [0.15, 0.2) is 11.1 Å². The van der Waals surface area contributed by atoms with Crippen LogP contribution in [0.2, 0.25) is 0 Å². The van der Waals surface area contributed by atoms with Gasteiger partial charge in [0, 0.05) is 41.7 Å². The number of phenolic OH excluding ortho intramolecular Hbond substituents is 2. The SMILES string of the molecule is CC1OC2CC(O[C@H]3CCCCO3)C1(O)C1=C2C(=O)c2c(O)c3c(c(O)c2C1=O)CO[C@H](CC(=O)O)C3. The number of aliphatic hydroxyl groups is 1. The zero-order valence-corrected chi connectivity index (χ0v) is 20.2. The quantitative estimate of drug-likeness (QED) is 0.428. The maximum absolute atomic E-state index is 13.9. The van der Waals surface area contributed by atoms with Gasteiger partial charge in [0.15, 0.2) is 17.9 Å². The minimum absolute atomic E-state index is 0.0497. The lowest BCUT2D eigenvalue weighted by Gasteiger charge is -2.54. The molecule has 2 aliphatic carbocycles. The number of carboxylic acid groups (broad SMARTS) is 1. The number of hydrogen-bond donors (Lipinski definition) is 4. The molecule has 1 aromatic rings. The lowest BCUT2D eigenvalue weighted by atomic mass is 9.63. The van der Waals surface area contributed by atoms with E-state index in [4.69, 9.17) is 24.1 Å². The van der Waals surface area contributed by atoms with E-state index in [0.717, 1.165) is 12.8 Å². The summed E-state index contributed by atoms with van der Waals surface area (Å²) in [5.74, 6) is -3.61. The number of ether oxygens (including phenoxy) is 4. The van der Waals surface area contributed by atoms with Crippen LogP contribution in [0, 0.1) is 0 Å². The number of carbonyl (C=O) groups excluding carboxylic acids is 2. The standard InChI is InChI=1S/C26H28O11/c1-10-26(33)15(37-17-4-2-3-5-34-17)8-14(36-10)18-21(26)25(32)20-19(24(18)31)22(29)12-6-11(7-16(27)28)35-9-13(12)23(20)30/h10-11,14-15,17,29-30,33H,2-9H2,1H3,(H,27,28)/t10?,11-,14?,15?,17-,26?/m0/s1. The summed E-state index contributed by atoms with van der Waals surface area (Å²) in [6.07, 6.45) is -1.78. The summed E-state index contributed by atoms with van der Waals surface area (Å²) in [5.41, 5.74) is -2.69. The highest BCUT2D eigenvalue weighted by Crippen LogP contribution is 2.54. The van der Waals surface area contributed by atoms with Gasteiger partial charge in [0.1, 0.15) is 17.1 Å². The first-order valence-electron chi connectivity index (χ1n) is 12.5. The van der Waals surface area contributed by atoms with E-state index in [1.54, 1.807) is 6.92 Å². The largest absolute Gasteiger partial charge is 0.507 e. The van der Waals surface area contributed by atoms with Gasteiger partial charge in [-0.05, 0) is 26.2 Å². The first-order chi connectivity index (χ1) is 17.6. The van der Waals surface area contributed by atoms with Crippen LogP contribution in [0.4, 0.5) is 0 Å². The number of phenols is 2. The Labute approximate surface area is 211 Å². The number of fused-ring (bicyclic) bond motifs is 4. The van der Waals surface area contributed by atoms with Gasteiger partial charge < -0.3 is 39.4 Å². The Balaban J connectivity index is 1.44. The van der Waals surface area contributed by atoms with Gasteiger partial charge in [0.2, 0.25) is 0 Å². The van der Waals surface area contributed by atoms with Crippen LogP contribution >= 0.6 is 0 Å². The van der Waals surface area contributed by atoms with Crippen molar-refractivity contribution in [2.45, 2.75) is 88.4 Å². The molecule has 11 nitrogen and oxygen atoms in total. The molecule has 0 aromatic heterocycles. The predicted octanol–water partition coefficient (Wildman–Crippen LogP) is 1.52. The van der Waals surface area contributed by atoms with E-state index in [2.05, 4.69) is 0 Å². The van der Waals surface area contributed by atoms with Gasteiger partial charge in [-0.3, -0.25) is 14.4 Å². The molecule has 0 saturated carbocycles. The van der Waals surface area contributed by atoms with Crippen LogP contribution in [0.3, 0.4) is 0 Å². The van der Waals surface area contributed by atoms with Crippen LogP contribution in [0.25, 0.3) is 0 Å². The Hall–Kier alpha value is -2.83. The van der Waals surface area contributed by atoms with E-state index in [-0.39, 0.29) is 53.7 Å². The van der Waals surface area contributed by atoms with Crippen LogP contribution in [0.1, 0.15) is 70.9 Å². The van der Waals surface area contributed by atoms with Gasteiger partial charge in [0.25, 0.3) is 0 Å². The monoisotopic (exact) mass is 516 g/mol. The summed E-state index contributed by atoms with van der Waals surface area (Å²) in [6, 6.07) is 0. The molecular formula is C26H28O11. The van der Waals surface area contributed by atoms with Crippen molar-refractivity contribution >= 4 is 17.5 Å². The van der Waals surface area contributed by atoms with E-state index in [1.807, 2.05) is 0 Å². The number of benzene rings is 1. The molecule has 2 bridgehead atoms. The molecule has 6 atom stereocenters. The molecule has 2 fully saturated rings. The second-order valence-corrected chi connectivity index (χ2v) is 10.3. The first kappa shape index (κ1) is 24.5. The van der Waals surface area contributed by atoms with Gasteiger partial charge in [-0.1, -0.05) is 0 Å². The maximum atomic E-state index is 13.9. The summed E-state index contributed by atoms with van der Waals surface area (Å²) in [7, 11) is 0. The fourth-order valence-corrected chi connectivity index (χ4v) is 6.41. The molecule has 4 N–H and O–H groups in total. The lowest BCUT2D eigenvalue weighted by molar-refractivity contribution is -0.273. The summed E-state index contributed by atoms with van der Waals surface area (Å²) in [4.78, 5) is 38.9. The third-order valence-electron chi connectivity index (χ3n) is 8.24. The fourth-order valence-electron chi connectivity index (χ4n) is 6.41. The van der Waals surface area contributed by atoms with Crippen LogP contribution in [-0.4, -0.2) is 80.9 Å². The minimum atomic E-state index is -1.98. The zero-order chi connectivity index (χ0) is 26.2. The van der Waals surface area contributed by atoms with Gasteiger partial charge in [0.05, 0.1) is 48.6 Å².